The molecule has 2 N–H and O–H groups in total. The van der Waals surface area contributed by atoms with Gasteiger partial charge >= 0.3 is 12.3 Å². The van der Waals surface area contributed by atoms with E-state index >= 15 is 0 Å². The van der Waals surface area contributed by atoms with E-state index in [-0.39, 0.29) is 47.7 Å². The van der Waals surface area contributed by atoms with Crippen molar-refractivity contribution in [1.29, 1.82) is 0 Å². The Bertz CT molecular complexity index is 1380. The van der Waals surface area contributed by atoms with Gasteiger partial charge in [0.2, 0.25) is 5.91 Å². The number of benzene rings is 2. The predicted molar refractivity (Wildman–Crippen MR) is 139 cm³/mol. The number of amides is 1. The Balaban J connectivity index is 1.27. The Morgan fingerprint density at radius 1 is 1.05 bits per heavy atom. The van der Waals surface area contributed by atoms with Crippen molar-refractivity contribution in [3.05, 3.63) is 39.9 Å². The second-order valence-corrected chi connectivity index (χ2v) is 11.8. The van der Waals surface area contributed by atoms with Crippen molar-refractivity contribution in [3.8, 4) is 28.7 Å². The smallest absolute Gasteiger partial charge is 0.495 e. The number of halogens is 3. The van der Waals surface area contributed by atoms with Gasteiger partial charge in [-0.1, -0.05) is 0 Å². The van der Waals surface area contributed by atoms with Crippen molar-refractivity contribution in [1.82, 2.24) is 5.32 Å². The molecule has 0 saturated heterocycles. The highest BCUT2D eigenvalue weighted by atomic mass is 79.9. The van der Waals surface area contributed by atoms with E-state index in [0.29, 0.717) is 53.6 Å². The number of nitrogens with one attached hydrogen (secondary N) is 1. The highest BCUT2D eigenvalue weighted by Gasteiger charge is 2.49. The fraction of sp³-hybridized carbons (Fsp3) is 0.500. The minimum atomic E-state index is -3.78. The maximum Gasteiger partial charge on any atom is 0.586 e. The summed E-state index contributed by atoms with van der Waals surface area (Å²) >= 11 is 3.52. The third-order valence-corrected chi connectivity index (χ3v) is 9.09. The van der Waals surface area contributed by atoms with Gasteiger partial charge in [-0.2, -0.15) is 0 Å². The molecule has 1 fully saturated rings. The minimum absolute atomic E-state index is 0.0124. The van der Waals surface area contributed by atoms with E-state index in [1.54, 1.807) is 20.1 Å². The normalized spacial score (nSPS) is 29.4. The molecule has 2 aromatic carbocycles. The molecule has 0 unspecified atom stereocenters. The van der Waals surface area contributed by atoms with Crippen LogP contribution in [0, 0.1) is 11.8 Å². The molecule has 40 heavy (non-hydrogen) atoms. The number of alkyl halides is 2. The van der Waals surface area contributed by atoms with Crippen molar-refractivity contribution in [2.24, 2.45) is 11.8 Å². The number of aliphatic carboxylic acids is 1. The Morgan fingerprint density at radius 2 is 1.75 bits per heavy atom. The summed E-state index contributed by atoms with van der Waals surface area (Å²) in [5.74, 6) is -0.184. The third-order valence-electron chi connectivity index (χ3n) is 8.47. The third kappa shape index (κ3) is 4.59. The molecule has 1 aliphatic carbocycles. The molecule has 0 bridgehead atoms. The van der Waals surface area contributed by atoms with Crippen LogP contribution < -0.4 is 29.0 Å². The van der Waals surface area contributed by atoms with E-state index in [1.165, 1.54) is 12.1 Å². The fourth-order valence-electron chi connectivity index (χ4n) is 6.15. The van der Waals surface area contributed by atoms with Crippen molar-refractivity contribution in [2.75, 3.05) is 13.7 Å². The van der Waals surface area contributed by atoms with Crippen LogP contribution in [0.5, 0.6) is 28.7 Å². The van der Waals surface area contributed by atoms with Gasteiger partial charge in [0.15, 0.2) is 11.5 Å². The molecule has 4 aliphatic rings. The summed E-state index contributed by atoms with van der Waals surface area (Å²) in [5, 5.41) is 12.6. The molecule has 0 spiro atoms. The molecule has 1 saturated carbocycles. The maximum absolute atomic E-state index is 13.9. The Hall–Kier alpha value is -3.28. The zero-order valence-electron chi connectivity index (χ0n) is 21.8. The summed E-state index contributed by atoms with van der Waals surface area (Å²) in [7, 11) is 1.55. The predicted octanol–water partition coefficient (Wildman–Crippen LogP) is 5.33. The molecule has 0 aromatic heterocycles. The van der Waals surface area contributed by atoms with Crippen LogP contribution in [0.3, 0.4) is 0 Å². The van der Waals surface area contributed by atoms with Gasteiger partial charge in [-0.25, -0.2) is 0 Å². The van der Waals surface area contributed by atoms with Gasteiger partial charge < -0.3 is 34.1 Å². The van der Waals surface area contributed by atoms with Crippen LogP contribution in [-0.4, -0.2) is 43.1 Å². The standard InChI is InChI=1S/C28H28BrF2NO8/c1-27(12-37-21-11-24-23(8-16(21)27)39-28(30,31)40-24)26(35)32-18-9-19(13-3-5-14(6-4-13)25(33)34)38-20-10-22(36-2)17(29)7-15(18)20/h7-8,10-11,13-14,18-19H,3-6,9,12H2,1-2H3,(H,32,35)(H,33,34)/t13-,14+,18-,19-,27+/m1/s1. The molecule has 2 aromatic rings. The molecule has 3 heterocycles. The van der Waals surface area contributed by atoms with E-state index in [1.807, 2.05) is 6.07 Å². The molecule has 3 aliphatic heterocycles. The number of carboxylic acid groups (broad SMARTS) is 1. The Morgan fingerprint density at radius 3 is 2.42 bits per heavy atom. The van der Waals surface area contributed by atoms with Crippen LogP contribution in [-0.2, 0) is 15.0 Å². The van der Waals surface area contributed by atoms with Gasteiger partial charge in [0.1, 0.15) is 35.4 Å². The number of fused-ring (bicyclic) bond motifs is 3. The van der Waals surface area contributed by atoms with Gasteiger partial charge in [0, 0.05) is 29.7 Å². The summed E-state index contributed by atoms with van der Waals surface area (Å²) in [6, 6.07) is 5.91. The van der Waals surface area contributed by atoms with Crippen LogP contribution in [0.2, 0.25) is 0 Å². The van der Waals surface area contributed by atoms with Gasteiger partial charge in [0.25, 0.3) is 0 Å². The quantitative estimate of drug-likeness (QED) is 0.460. The first kappa shape index (κ1) is 26.9. The fourth-order valence-corrected chi connectivity index (χ4v) is 6.67. The Labute approximate surface area is 237 Å². The number of carbonyl (C=O) groups is 2. The SMILES string of the molecule is COc1cc2c(cc1Br)[C@H](NC(=O)[C@@]1(C)COc3cc4c(cc31)OC(F)(F)O4)C[C@H]([C@H]1CC[C@@H](C(=O)O)CC1)O2. The zero-order chi connectivity index (χ0) is 28.4. The van der Waals surface area contributed by atoms with E-state index in [4.69, 9.17) is 14.2 Å². The molecule has 3 atom stereocenters. The number of methoxy groups -OCH3 is 1. The molecule has 6 rings (SSSR count). The first-order valence-electron chi connectivity index (χ1n) is 13.1. The minimum Gasteiger partial charge on any atom is -0.495 e. The van der Waals surface area contributed by atoms with Gasteiger partial charge in [-0.15, -0.1) is 8.78 Å². The zero-order valence-corrected chi connectivity index (χ0v) is 23.4. The van der Waals surface area contributed by atoms with Crippen molar-refractivity contribution in [2.45, 2.75) is 62.9 Å². The van der Waals surface area contributed by atoms with Crippen LogP contribution in [0.15, 0.2) is 28.7 Å². The number of carbonyl (C=O) groups excluding carboxylic acids is 1. The van der Waals surface area contributed by atoms with Crippen molar-refractivity contribution in [3.63, 3.8) is 0 Å². The van der Waals surface area contributed by atoms with Gasteiger partial charge in [-0.05, 0) is 66.6 Å². The van der Waals surface area contributed by atoms with Gasteiger partial charge in [-0.3, -0.25) is 9.59 Å². The van der Waals surface area contributed by atoms with Gasteiger partial charge in [0.05, 0.1) is 23.5 Å². The average molecular weight is 624 g/mol. The summed E-state index contributed by atoms with van der Waals surface area (Å²) < 4.78 is 54.8. The summed E-state index contributed by atoms with van der Waals surface area (Å²) in [4.78, 5) is 25.3. The number of hydrogen-bond donors (Lipinski definition) is 2. The lowest BCUT2D eigenvalue weighted by atomic mass is 9.76. The topological polar surface area (TPSA) is 113 Å². The van der Waals surface area contributed by atoms with Crippen LogP contribution in [0.25, 0.3) is 0 Å². The summed E-state index contributed by atoms with van der Waals surface area (Å²) in [6.07, 6.45) is -0.964. The average Bonchev–Trinajstić information content (AvgIpc) is 3.41. The molecule has 214 valence electrons. The number of carboxylic acids is 1. The van der Waals surface area contributed by atoms with Crippen LogP contribution in [0.4, 0.5) is 8.78 Å². The van der Waals surface area contributed by atoms with E-state index in [0.717, 1.165) is 5.56 Å². The first-order valence-corrected chi connectivity index (χ1v) is 13.9. The lowest BCUT2D eigenvalue weighted by Gasteiger charge is -2.40. The van der Waals surface area contributed by atoms with Crippen molar-refractivity contribution >= 4 is 27.8 Å². The molecule has 1 amide bonds. The lowest BCUT2D eigenvalue weighted by molar-refractivity contribution is -0.286. The second kappa shape index (κ2) is 9.67. The monoisotopic (exact) mass is 623 g/mol. The molecular weight excluding hydrogens is 596 g/mol. The number of rotatable bonds is 5. The highest BCUT2D eigenvalue weighted by molar-refractivity contribution is 9.10. The van der Waals surface area contributed by atoms with Crippen molar-refractivity contribution < 1.29 is 47.2 Å². The molecular formula is C28H28BrF2NO8. The van der Waals surface area contributed by atoms with Crippen LogP contribution >= 0.6 is 15.9 Å². The number of hydrogen-bond acceptors (Lipinski definition) is 7. The number of ether oxygens (including phenoxy) is 5. The first-order chi connectivity index (χ1) is 19.0. The largest absolute Gasteiger partial charge is 0.586 e. The lowest BCUT2D eigenvalue weighted by Crippen LogP contribution is -2.47. The molecule has 0 radical (unpaired) electrons. The van der Waals surface area contributed by atoms with E-state index < -0.39 is 23.7 Å². The maximum atomic E-state index is 13.9. The van der Waals surface area contributed by atoms with Crippen LogP contribution in [0.1, 0.15) is 56.2 Å². The Kier molecular flexibility index (Phi) is 6.51. The second-order valence-electron chi connectivity index (χ2n) is 11.0. The molecule has 9 nitrogen and oxygen atoms in total. The summed E-state index contributed by atoms with van der Waals surface area (Å²) in [5.41, 5.74) is 0.0179. The van der Waals surface area contributed by atoms with E-state index in [9.17, 15) is 23.5 Å². The molecule has 12 heteroatoms. The van der Waals surface area contributed by atoms with E-state index in [2.05, 4.69) is 30.7 Å². The highest BCUT2D eigenvalue weighted by Crippen LogP contribution is 2.51. The summed E-state index contributed by atoms with van der Waals surface area (Å²) in [6.45, 7) is 1.71.